The molecule has 1 aliphatic heterocycles. The summed E-state index contributed by atoms with van der Waals surface area (Å²) in [4.78, 5) is 17.0. The number of methoxy groups -OCH3 is 1. The number of hydrogen-bond donors (Lipinski definition) is 0. The second-order valence-electron chi connectivity index (χ2n) is 6.87. The van der Waals surface area contributed by atoms with Crippen molar-refractivity contribution in [3.63, 3.8) is 0 Å². The highest BCUT2D eigenvalue weighted by Gasteiger charge is 2.29. The van der Waals surface area contributed by atoms with Crippen molar-refractivity contribution in [2.24, 2.45) is 5.92 Å². The number of rotatable bonds is 5. The summed E-state index contributed by atoms with van der Waals surface area (Å²) in [7, 11) is 3.46. The number of ether oxygens (including phenoxy) is 1. The van der Waals surface area contributed by atoms with Gasteiger partial charge >= 0.3 is 0 Å². The van der Waals surface area contributed by atoms with Gasteiger partial charge in [-0.15, -0.1) is 0 Å². The molecule has 1 amide bonds. The van der Waals surface area contributed by atoms with E-state index in [4.69, 9.17) is 27.9 Å². The molecule has 0 N–H and O–H groups in total. The van der Waals surface area contributed by atoms with Gasteiger partial charge < -0.3 is 9.64 Å². The molecule has 0 aromatic heterocycles. The zero-order chi connectivity index (χ0) is 19.4. The van der Waals surface area contributed by atoms with Gasteiger partial charge in [-0.25, -0.2) is 0 Å². The van der Waals surface area contributed by atoms with Gasteiger partial charge in [0.1, 0.15) is 5.75 Å². The molecule has 27 heavy (non-hydrogen) atoms. The first-order valence-electron chi connectivity index (χ1n) is 9.06. The lowest BCUT2D eigenvalue weighted by Gasteiger charge is -2.34. The van der Waals surface area contributed by atoms with Crippen molar-refractivity contribution in [3.8, 4) is 5.75 Å². The minimum atomic E-state index is -0.0351. The Morgan fingerprint density at radius 2 is 1.85 bits per heavy atom. The smallest absolute Gasteiger partial charge is 0.231 e. The summed E-state index contributed by atoms with van der Waals surface area (Å²) in [6.07, 6.45) is 1.88. The summed E-state index contributed by atoms with van der Waals surface area (Å²) in [5.41, 5.74) is 1.80. The van der Waals surface area contributed by atoms with Gasteiger partial charge in [0.15, 0.2) is 0 Å². The van der Waals surface area contributed by atoms with Gasteiger partial charge in [0.2, 0.25) is 5.91 Å². The molecule has 1 atom stereocenters. The second kappa shape index (κ2) is 8.96. The molecule has 1 saturated heterocycles. The summed E-state index contributed by atoms with van der Waals surface area (Å²) in [6.45, 7) is 2.31. The molecule has 2 aromatic rings. The van der Waals surface area contributed by atoms with E-state index >= 15 is 0 Å². The van der Waals surface area contributed by atoms with Gasteiger partial charge in [0.05, 0.1) is 13.0 Å². The van der Waals surface area contributed by atoms with Gasteiger partial charge in [-0.3, -0.25) is 9.69 Å². The number of hydrogen-bond acceptors (Lipinski definition) is 3. The Morgan fingerprint density at radius 1 is 1.19 bits per heavy atom. The normalized spacial score (nSPS) is 17.6. The molecule has 0 radical (unpaired) electrons. The van der Waals surface area contributed by atoms with Crippen molar-refractivity contribution in [3.05, 3.63) is 58.1 Å². The number of likely N-dealkylation sites (tertiary alicyclic amines) is 1. The predicted molar refractivity (Wildman–Crippen MR) is 111 cm³/mol. The van der Waals surface area contributed by atoms with Gasteiger partial charge in [0.25, 0.3) is 0 Å². The van der Waals surface area contributed by atoms with E-state index in [0.29, 0.717) is 23.1 Å². The Balaban J connectivity index is 1.66. The maximum absolute atomic E-state index is 13.0. The van der Waals surface area contributed by atoms with Crippen molar-refractivity contribution in [2.45, 2.75) is 19.4 Å². The molecule has 0 bridgehead atoms. The fourth-order valence-corrected chi connectivity index (χ4v) is 4.03. The maximum atomic E-state index is 13.0. The molecule has 0 spiro atoms. The second-order valence-corrected chi connectivity index (χ2v) is 7.68. The highest BCUT2D eigenvalue weighted by Crippen LogP contribution is 2.29. The summed E-state index contributed by atoms with van der Waals surface area (Å²) in [5, 5.41) is 1.35. The monoisotopic (exact) mass is 406 g/mol. The van der Waals surface area contributed by atoms with Crippen molar-refractivity contribution in [1.29, 1.82) is 0 Å². The fourth-order valence-electron chi connectivity index (χ4n) is 3.51. The quantitative estimate of drug-likeness (QED) is 0.709. The van der Waals surface area contributed by atoms with Crippen LogP contribution in [-0.4, -0.2) is 38.1 Å². The third-order valence-electron chi connectivity index (χ3n) is 5.09. The van der Waals surface area contributed by atoms with Crippen LogP contribution in [0.1, 0.15) is 18.4 Å². The Morgan fingerprint density at radius 3 is 2.48 bits per heavy atom. The Labute approximate surface area is 170 Å². The summed E-state index contributed by atoms with van der Waals surface area (Å²) in [5.74, 6) is 0.877. The topological polar surface area (TPSA) is 32.8 Å². The van der Waals surface area contributed by atoms with Crippen LogP contribution in [-0.2, 0) is 11.3 Å². The van der Waals surface area contributed by atoms with E-state index in [-0.39, 0.29) is 11.8 Å². The van der Waals surface area contributed by atoms with Crippen LogP contribution in [0, 0.1) is 5.92 Å². The molecule has 0 aliphatic carbocycles. The predicted octanol–water partition coefficient (Wildman–Crippen LogP) is 4.88. The third kappa shape index (κ3) is 4.75. The molecule has 4 nitrogen and oxygen atoms in total. The van der Waals surface area contributed by atoms with Crippen molar-refractivity contribution < 1.29 is 9.53 Å². The van der Waals surface area contributed by atoms with E-state index in [0.717, 1.165) is 36.4 Å². The minimum absolute atomic E-state index is 0.0351. The van der Waals surface area contributed by atoms with Crippen LogP contribution in [0.15, 0.2) is 42.5 Å². The lowest BCUT2D eigenvalue weighted by molar-refractivity contribution is -0.123. The van der Waals surface area contributed by atoms with Crippen molar-refractivity contribution in [1.82, 2.24) is 4.90 Å². The Hall–Kier alpha value is -1.75. The number of nitrogens with zero attached hydrogens (tertiary/aromatic N) is 2. The largest absolute Gasteiger partial charge is 0.497 e. The molecule has 6 heteroatoms. The van der Waals surface area contributed by atoms with Gasteiger partial charge in [0, 0.05) is 41.4 Å². The first kappa shape index (κ1) is 20.0. The number of benzene rings is 2. The first-order chi connectivity index (χ1) is 13.0. The van der Waals surface area contributed by atoms with Crippen molar-refractivity contribution >= 4 is 34.8 Å². The minimum Gasteiger partial charge on any atom is -0.497 e. The Bertz CT molecular complexity index is 775. The standard InChI is InChI=1S/C21H24Cl2N2O2/c1-24(16-8-10-17(27-2)11-9-16)21(26)15-5-4-12-25(13-15)14-18-19(22)6-3-7-20(18)23/h3,6-11,15H,4-5,12-14H2,1-2H3/t15-/m1/s1. The van der Waals surface area contributed by atoms with E-state index in [2.05, 4.69) is 4.90 Å². The molecule has 144 valence electrons. The SMILES string of the molecule is COc1ccc(N(C)C(=O)[C@@H]2CCCN(Cc3c(Cl)cccc3Cl)C2)cc1. The Kier molecular flexibility index (Phi) is 6.64. The maximum Gasteiger partial charge on any atom is 0.231 e. The van der Waals surface area contributed by atoms with Crippen LogP contribution in [0.3, 0.4) is 0 Å². The first-order valence-corrected chi connectivity index (χ1v) is 9.82. The number of piperidine rings is 1. The van der Waals surface area contributed by atoms with Crippen LogP contribution in [0.25, 0.3) is 0 Å². The van der Waals surface area contributed by atoms with E-state index in [1.807, 2.05) is 49.5 Å². The fraction of sp³-hybridized carbons (Fsp3) is 0.381. The van der Waals surface area contributed by atoms with Crippen molar-refractivity contribution in [2.75, 3.05) is 32.1 Å². The zero-order valence-corrected chi connectivity index (χ0v) is 17.1. The van der Waals surface area contributed by atoms with Crippen LogP contribution in [0.5, 0.6) is 5.75 Å². The average molecular weight is 407 g/mol. The lowest BCUT2D eigenvalue weighted by atomic mass is 9.96. The van der Waals surface area contributed by atoms with Gasteiger partial charge in [-0.1, -0.05) is 29.3 Å². The van der Waals surface area contributed by atoms with E-state index in [1.165, 1.54) is 0 Å². The molecule has 2 aromatic carbocycles. The van der Waals surface area contributed by atoms with Crippen LogP contribution in [0.4, 0.5) is 5.69 Å². The zero-order valence-electron chi connectivity index (χ0n) is 15.6. The van der Waals surface area contributed by atoms with Crippen LogP contribution >= 0.6 is 23.2 Å². The summed E-state index contributed by atoms with van der Waals surface area (Å²) < 4.78 is 5.18. The molecule has 1 fully saturated rings. The average Bonchev–Trinajstić information content (AvgIpc) is 2.70. The van der Waals surface area contributed by atoms with Crippen LogP contribution < -0.4 is 9.64 Å². The molecular weight excluding hydrogens is 383 g/mol. The number of carbonyl (C=O) groups is 1. The molecule has 0 saturated carbocycles. The highest BCUT2D eigenvalue weighted by molar-refractivity contribution is 6.35. The van der Waals surface area contributed by atoms with Gasteiger partial charge in [-0.2, -0.15) is 0 Å². The summed E-state index contributed by atoms with van der Waals surface area (Å²) >= 11 is 12.6. The number of carbonyl (C=O) groups excluding carboxylic acids is 1. The molecule has 1 aliphatic rings. The lowest BCUT2D eigenvalue weighted by Crippen LogP contribution is -2.43. The number of halogens is 2. The molecule has 0 unspecified atom stereocenters. The highest BCUT2D eigenvalue weighted by atomic mass is 35.5. The molecule has 1 heterocycles. The molecule has 3 rings (SSSR count). The molecular formula is C21H24Cl2N2O2. The van der Waals surface area contributed by atoms with E-state index in [9.17, 15) is 4.79 Å². The van der Waals surface area contributed by atoms with E-state index < -0.39 is 0 Å². The van der Waals surface area contributed by atoms with E-state index in [1.54, 1.807) is 12.0 Å². The number of anilines is 1. The number of amides is 1. The summed E-state index contributed by atoms with van der Waals surface area (Å²) in [6, 6.07) is 13.1. The van der Waals surface area contributed by atoms with Gasteiger partial charge in [-0.05, 0) is 55.8 Å². The third-order valence-corrected chi connectivity index (χ3v) is 5.80. The van der Waals surface area contributed by atoms with Crippen LogP contribution in [0.2, 0.25) is 10.0 Å².